The van der Waals surface area contributed by atoms with Crippen LogP contribution in [0.5, 0.6) is 0 Å². The molecule has 2 heterocycles. The molecule has 118 valence electrons. The van der Waals surface area contributed by atoms with E-state index < -0.39 is 9.84 Å². The molecular weight excluding hydrogens is 314 g/mol. The molecule has 0 aliphatic rings. The maximum Gasteiger partial charge on any atom is 0.259 e. The summed E-state index contributed by atoms with van der Waals surface area (Å²) < 4.78 is 24.5. The fourth-order valence-corrected chi connectivity index (χ4v) is 2.97. The van der Waals surface area contributed by atoms with Crippen LogP contribution in [0.15, 0.2) is 46.5 Å². The first-order valence-electron chi connectivity index (χ1n) is 6.92. The number of fused-ring (bicyclic) bond motifs is 1. The molecule has 1 aromatic carbocycles. The molecule has 3 rings (SSSR count). The molecule has 23 heavy (non-hydrogen) atoms. The Bertz CT molecular complexity index is 1090. The van der Waals surface area contributed by atoms with Crippen molar-refractivity contribution in [2.75, 3.05) is 6.26 Å². The Labute approximate surface area is 133 Å². The zero-order valence-corrected chi connectivity index (χ0v) is 13.8. The Morgan fingerprint density at radius 3 is 2.48 bits per heavy atom. The van der Waals surface area contributed by atoms with Crippen molar-refractivity contribution < 1.29 is 8.42 Å². The molecule has 0 unspecified atom stereocenters. The predicted molar refractivity (Wildman–Crippen MR) is 88.1 cm³/mol. The van der Waals surface area contributed by atoms with Crippen molar-refractivity contribution in [2.24, 2.45) is 7.05 Å². The molecule has 0 fully saturated rings. The van der Waals surface area contributed by atoms with Crippen LogP contribution in [0, 0.1) is 6.92 Å². The molecule has 0 aliphatic carbocycles. The van der Waals surface area contributed by atoms with Crippen molar-refractivity contribution in [2.45, 2.75) is 12.1 Å². The van der Waals surface area contributed by atoms with Gasteiger partial charge in [0.25, 0.3) is 5.56 Å². The molecule has 0 saturated carbocycles. The van der Waals surface area contributed by atoms with E-state index in [9.17, 15) is 13.2 Å². The Balaban J connectivity index is 2.36. The Morgan fingerprint density at radius 2 is 1.83 bits per heavy atom. The van der Waals surface area contributed by atoms with E-state index in [2.05, 4.69) is 9.97 Å². The summed E-state index contributed by atoms with van der Waals surface area (Å²) in [6.07, 6.45) is 2.47. The summed E-state index contributed by atoms with van der Waals surface area (Å²) in [7, 11) is -1.96. The van der Waals surface area contributed by atoms with Crippen LogP contribution in [0.2, 0.25) is 0 Å². The monoisotopic (exact) mass is 329 g/mol. The molecule has 0 saturated heterocycles. The van der Waals surface area contributed by atoms with E-state index in [1.54, 1.807) is 13.1 Å². The molecule has 2 aromatic heterocycles. The smallest absolute Gasteiger partial charge is 0.259 e. The van der Waals surface area contributed by atoms with E-state index in [4.69, 9.17) is 0 Å². The number of aryl methyl sites for hydroxylation is 2. The minimum atomic E-state index is -3.53. The van der Waals surface area contributed by atoms with Gasteiger partial charge in [-0.2, -0.15) is 4.98 Å². The van der Waals surface area contributed by atoms with Gasteiger partial charge < -0.3 is 0 Å². The molecule has 6 nitrogen and oxygen atoms in total. The van der Waals surface area contributed by atoms with E-state index in [1.807, 2.05) is 31.2 Å². The van der Waals surface area contributed by atoms with Crippen molar-refractivity contribution in [3.63, 3.8) is 0 Å². The summed E-state index contributed by atoms with van der Waals surface area (Å²) in [4.78, 5) is 20.6. The van der Waals surface area contributed by atoms with Crippen molar-refractivity contribution in [3.05, 3.63) is 52.4 Å². The molecule has 0 atom stereocenters. The Hall–Kier alpha value is -2.54. The van der Waals surface area contributed by atoms with Gasteiger partial charge in [0.05, 0.1) is 0 Å². The second kappa shape index (κ2) is 5.27. The highest BCUT2D eigenvalue weighted by atomic mass is 32.2. The first-order valence-corrected chi connectivity index (χ1v) is 8.81. The van der Waals surface area contributed by atoms with Gasteiger partial charge in [0.15, 0.2) is 0 Å². The van der Waals surface area contributed by atoms with Gasteiger partial charge in [0.2, 0.25) is 15.0 Å². The highest BCUT2D eigenvalue weighted by Crippen LogP contribution is 2.23. The summed E-state index contributed by atoms with van der Waals surface area (Å²) in [6, 6.07) is 9.29. The van der Waals surface area contributed by atoms with Crippen molar-refractivity contribution >= 4 is 20.9 Å². The van der Waals surface area contributed by atoms with E-state index >= 15 is 0 Å². The normalized spacial score (nSPS) is 11.8. The number of hydrogen-bond donors (Lipinski definition) is 0. The molecular formula is C16H15N3O3S. The third kappa shape index (κ3) is 2.63. The number of rotatable bonds is 2. The molecule has 0 aliphatic heterocycles. The van der Waals surface area contributed by atoms with E-state index in [1.165, 1.54) is 10.8 Å². The van der Waals surface area contributed by atoms with Crippen molar-refractivity contribution in [3.8, 4) is 11.1 Å². The molecule has 0 bridgehead atoms. The number of benzene rings is 1. The van der Waals surface area contributed by atoms with Gasteiger partial charge in [-0.15, -0.1) is 0 Å². The topological polar surface area (TPSA) is 81.9 Å². The predicted octanol–water partition coefficient (Wildman–Crippen LogP) is 1.71. The Kier molecular flexibility index (Phi) is 3.52. The number of sulfone groups is 1. The van der Waals surface area contributed by atoms with Crippen LogP contribution in [0.25, 0.3) is 22.2 Å². The van der Waals surface area contributed by atoms with Gasteiger partial charge >= 0.3 is 0 Å². The van der Waals surface area contributed by atoms with Crippen LogP contribution >= 0.6 is 0 Å². The molecule has 0 spiro atoms. The Morgan fingerprint density at radius 1 is 1.13 bits per heavy atom. The first kappa shape index (κ1) is 15.4. The average Bonchev–Trinajstić information content (AvgIpc) is 2.50. The van der Waals surface area contributed by atoms with Crippen LogP contribution in [0.1, 0.15) is 5.56 Å². The van der Waals surface area contributed by atoms with Gasteiger partial charge in [-0.05, 0) is 24.1 Å². The summed E-state index contributed by atoms with van der Waals surface area (Å²) in [5.74, 6) is 0. The minimum absolute atomic E-state index is 0.232. The van der Waals surface area contributed by atoms with Gasteiger partial charge in [-0.1, -0.05) is 24.3 Å². The largest absolute Gasteiger partial charge is 0.295 e. The number of pyridine rings is 1. The quantitative estimate of drug-likeness (QED) is 0.669. The lowest BCUT2D eigenvalue weighted by Gasteiger charge is -2.10. The summed E-state index contributed by atoms with van der Waals surface area (Å²) in [5.41, 5.74) is 2.42. The minimum Gasteiger partial charge on any atom is -0.295 e. The average molecular weight is 329 g/mol. The van der Waals surface area contributed by atoms with Gasteiger partial charge in [-0.25, -0.2) is 13.4 Å². The molecule has 0 N–H and O–H groups in total. The standard InChI is InChI=1S/C16H15N3O3S/c1-10-6-4-5-7-12(10)13-8-11-9-17-16(23(3,21)22)18-14(11)19(2)15(13)20/h4-9H,1-3H3. The van der Waals surface area contributed by atoms with E-state index in [0.717, 1.165) is 17.4 Å². The lowest BCUT2D eigenvalue weighted by molar-refractivity contribution is 0.593. The van der Waals surface area contributed by atoms with Crippen LogP contribution in [-0.4, -0.2) is 29.2 Å². The number of aromatic nitrogens is 3. The second-order valence-electron chi connectivity index (χ2n) is 5.44. The molecule has 0 amide bonds. The van der Waals surface area contributed by atoms with Crippen LogP contribution in [-0.2, 0) is 16.9 Å². The summed E-state index contributed by atoms with van der Waals surface area (Å²) >= 11 is 0. The van der Waals surface area contributed by atoms with Crippen molar-refractivity contribution in [1.29, 1.82) is 0 Å². The van der Waals surface area contributed by atoms with E-state index in [-0.39, 0.29) is 10.7 Å². The van der Waals surface area contributed by atoms with Crippen LogP contribution in [0.3, 0.4) is 0 Å². The SMILES string of the molecule is Cc1ccccc1-c1cc2cnc(S(C)(=O)=O)nc2n(C)c1=O. The van der Waals surface area contributed by atoms with Gasteiger partial charge in [0, 0.05) is 30.4 Å². The van der Waals surface area contributed by atoms with Crippen molar-refractivity contribution in [1.82, 2.24) is 14.5 Å². The third-order valence-corrected chi connectivity index (χ3v) is 4.55. The molecule has 3 aromatic rings. The lowest BCUT2D eigenvalue weighted by atomic mass is 10.0. The summed E-state index contributed by atoms with van der Waals surface area (Å²) in [6.45, 7) is 1.93. The number of nitrogens with zero attached hydrogens (tertiary/aromatic N) is 3. The fourth-order valence-electron chi connectivity index (χ4n) is 2.48. The zero-order chi connectivity index (χ0) is 16.8. The van der Waals surface area contributed by atoms with Crippen LogP contribution in [0.4, 0.5) is 0 Å². The lowest BCUT2D eigenvalue weighted by Crippen LogP contribution is -2.21. The number of hydrogen-bond acceptors (Lipinski definition) is 5. The third-order valence-electron chi connectivity index (χ3n) is 3.69. The molecule has 7 heteroatoms. The fraction of sp³-hybridized carbons (Fsp3) is 0.188. The molecule has 0 radical (unpaired) electrons. The van der Waals surface area contributed by atoms with Gasteiger partial charge in [0.1, 0.15) is 5.65 Å². The first-order chi connectivity index (χ1) is 10.8. The maximum atomic E-state index is 12.6. The summed E-state index contributed by atoms with van der Waals surface area (Å²) in [5, 5.41) is 0.321. The van der Waals surface area contributed by atoms with Crippen LogP contribution < -0.4 is 5.56 Å². The van der Waals surface area contributed by atoms with E-state index in [0.29, 0.717) is 16.6 Å². The zero-order valence-electron chi connectivity index (χ0n) is 12.9. The second-order valence-corrected chi connectivity index (χ2v) is 7.35. The van der Waals surface area contributed by atoms with Gasteiger partial charge in [-0.3, -0.25) is 9.36 Å². The highest BCUT2D eigenvalue weighted by Gasteiger charge is 2.16. The maximum absolute atomic E-state index is 12.6. The highest BCUT2D eigenvalue weighted by molar-refractivity contribution is 7.90.